The van der Waals surface area contributed by atoms with Crippen molar-refractivity contribution in [3.63, 3.8) is 0 Å². The van der Waals surface area contributed by atoms with Gasteiger partial charge in [-0.25, -0.2) is 0 Å². The van der Waals surface area contributed by atoms with Crippen molar-refractivity contribution in [1.29, 1.82) is 0 Å². The molecule has 1 aromatic heterocycles. The summed E-state index contributed by atoms with van der Waals surface area (Å²) in [5.41, 5.74) is 2.48. The summed E-state index contributed by atoms with van der Waals surface area (Å²) < 4.78 is 25.7. The maximum atomic E-state index is 13.3. The molecule has 156 valence electrons. The number of nitrogens with zero attached hydrogens (tertiary/aromatic N) is 3. The van der Waals surface area contributed by atoms with Gasteiger partial charge >= 0.3 is 0 Å². The summed E-state index contributed by atoms with van der Waals surface area (Å²) in [6.07, 6.45) is 3.23. The first kappa shape index (κ1) is 20.5. The molecule has 3 aliphatic heterocycles. The highest BCUT2D eigenvalue weighted by atomic mass is 35.5. The summed E-state index contributed by atoms with van der Waals surface area (Å²) in [7, 11) is -1.42. The number of fused-ring (bicyclic) bond motifs is 1. The van der Waals surface area contributed by atoms with Crippen LogP contribution in [0.15, 0.2) is 29.2 Å². The Balaban J connectivity index is 1.87. The van der Waals surface area contributed by atoms with Crippen LogP contribution < -0.4 is 0 Å². The van der Waals surface area contributed by atoms with Crippen molar-refractivity contribution in [3.05, 3.63) is 46.1 Å². The van der Waals surface area contributed by atoms with Gasteiger partial charge in [-0.15, -0.1) is 0 Å². The first-order valence-electron chi connectivity index (χ1n) is 9.69. The normalized spacial score (nSPS) is 23.1. The molecule has 0 aliphatic carbocycles. The number of hydrogen-bond donors (Lipinski definition) is 0. The van der Waals surface area contributed by atoms with E-state index in [0.29, 0.717) is 61.3 Å². The third kappa shape index (κ3) is 3.74. The molecule has 3 aliphatic rings. The third-order valence-corrected chi connectivity index (χ3v) is 7.27. The lowest BCUT2D eigenvalue weighted by molar-refractivity contribution is 0.0296. The van der Waals surface area contributed by atoms with E-state index in [1.165, 1.54) is 0 Å². The highest BCUT2D eigenvalue weighted by Crippen LogP contribution is 2.40. The van der Waals surface area contributed by atoms with Gasteiger partial charge in [0.15, 0.2) is 5.69 Å². The van der Waals surface area contributed by atoms with Crippen LogP contribution >= 0.6 is 11.6 Å². The number of ether oxygens (including phenoxy) is 2. The van der Waals surface area contributed by atoms with Crippen LogP contribution in [0.1, 0.15) is 40.6 Å². The number of halogens is 1. The van der Waals surface area contributed by atoms with Gasteiger partial charge in [-0.05, 0) is 12.8 Å². The molecule has 4 heterocycles. The van der Waals surface area contributed by atoms with Crippen molar-refractivity contribution in [2.75, 3.05) is 39.5 Å². The molecule has 1 aromatic rings. The van der Waals surface area contributed by atoms with Crippen LogP contribution in [0, 0.1) is 0 Å². The lowest BCUT2D eigenvalue weighted by Gasteiger charge is -2.27. The Morgan fingerprint density at radius 1 is 1.21 bits per heavy atom. The Morgan fingerprint density at radius 2 is 1.86 bits per heavy atom. The third-order valence-electron chi connectivity index (χ3n) is 5.50. The van der Waals surface area contributed by atoms with Crippen molar-refractivity contribution in [3.8, 4) is 0 Å². The number of carbonyl (C=O) groups excluding carboxylic acids is 1. The van der Waals surface area contributed by atoms with Gasteiger partial charge in [-0.2, -0.15) is 5.10 Å². The molecular formula is C20H24ClN3O4S. The molecule has 0 aromatic carbocycles. The number of amides is 1. The SMILES string of the molecule is C=CC1=C(C(=C)Cl)S(=O)Cc2c(C(=O)N3CCOCC3)nn(C3CCOCC3)c21. The van der Waals surface area contributed by atoms with E-state index < -0.39 is 10.8 Å². The minimum absolute atomic E-state index is 0.0927. The quantitative estimate of drug-likeness (QED) is 0.723. The fourth-order valence-corrected chi connectivity index (χ4v) is 5.78. The molecule has 7 nitrogen and oxygen atoms in total. The molecule has 0 radical (unpaired) electrons. The molecule has 1 atom stereocenters. The summed E-state index contributed by atoms with van der Waals surface area (Å²) in [5, 5.41) is 4.98. The maximum absolute atomic E-state index is 13.3. The fourth-order valence-electron chi connectivity index (χ4n) is 4.07. The van der Waals surface area contributed by atoms with Crippen molar-refractivity contribution >= 4 is 33.9 Å². The van der Waals surface area contributed by atoms with E-state index in [4.69, 9.17) is 26.2 Å². The Hall–Kier alpha value is -1.74. The Morgan fingerprint density at radius 3 is 2.48 bits per heavy atom. The molecule has 29 heavy (non-hydrogen) atoms. The number of carbonyl (C=O) groups is 1. The largest absolute Gasteiger partial charge is 0.381 e. The molecule has 0 saturated carbocycles. The number of aromatic nitrogens is 2. The van der Waals surface area contributed by atoms with Gasteiger partial charge in [-0.3, -0.25) is 13.7 Å². The standard InChI is InChI=1S/C20H24ClN3O4S/c1-3-15-18-16(12-29(26)19(15)13(2)21)17(20(25)23-6-10-28-11-7-23)22-24(18)14-4-8-27-9-5-14/h3,14H,1-2,4-12H2. The molecule has 4 rings (SSSR count). The van der Waals surface area contributed by atoms with Gasteiger partial charge in [0.1, 0.15) is 0 Å². The molecule has 0 N–H and O–H groups in total. The van der Waals surface area contributed by atoms with E-state index in [1.807, 2.05) is 4.68 Å². The van der Waals surface area contributed by atoms with E-state index in [-0.39, 0.29) is 22.7 Å². The Kier molecular flexibility index (Phi) is 6.06. The Labute approximate surface area is 177 Å². The first-order valence-corrected chi connectivity index (χ1v) is 11.4. The van der Waals surface area contributed by atoms with Crippen molar-refractivity contribution in [2.24, 2.45) is 0 Å². The van der Waals surface area contributed by atoms with Crippen LogP contribution in [0.5, 0.6) is 0 Å². The van der Waals surface area contributed by atoms with E-state index in [9.17, 15) is 9.00 Å². The van der Waals surface area contributed by atoms with E-state index in [1.54, 1.807) is 11.0 Å². The smallest absolute Gasteiger partial charge is 0.274 e. The monoisotopic (exact) mass is 437 g/mol. The first-order chi connectivity index (χ1) is 14.0. The topological polar surface area (TPSA) is 73.7 Å². The van der Waals surface area contributed by atoms with Gasteiger partial charge in [0.2, 0.25) is 0 Å². The molecule has 9 heteroatoms. The zero-order chi connectivity index (χ0) is 20.5. The molecule has 0 bridgehead atoms. The molecule has 1 unspecified atom stereocenters. The summed E-state index contributed by atoms with van der Waals surface area (Å²) >= 11 is 6.19. The zero-order valence-corrected chi connectivity index (χ0v) is 17.8. The van der Waals surface area contributed by atoms with Gasteiger partial charge in [-0.1, -0.05) is 30.8 Å². The predicted octanol–water partition coefficient (Wildman–Crippen LogP) is 2.62. The number of hydrogen-bond acceptors (Lipinski definition) is 5. The van der Waals surface area contributed by atoms with Crippen LogP contribution in [0.2, 0.25) is 0 Å². The number of allylic oxidation sites excluding steroid dienone is 3. The van der Waals surface area contributed by atoms with Gasteiger partial charge < -0.3 is 14.4 Å². The van der Waals surface area contributed by atoms with Crippen LogP contribution in [0.3, 0.4) is 0 Å². The summed E-state index contributed by atoms with van der Waals surface area (Å²) in [6, 6.07) is 0.0927. The van der Waals surface area contributed by atoms with Crippen LogP contribution in [0.4, 0.5) is 0 Å². The van der Waals surface area contributed by atoms with E-state index in [0.717, 1.165) is 18.5 Å². The highest BCUT2D eigenvalue weighted by Gasteiger charge is 2.36. The van der Waals surface area contributed by atoms with Crippen molar-refractivity contribution in [1.82, 2.24) is 14.7 Å². The number of morpholine rings is 1. The maximum Gasteiger partial charge on any atom is 0.274 e. The minimum atomic E-state index is -1.42. The van der Waals surface area contributed by atoms with Crippen LogP contribution in [-0.2, 0) is 26.0 Å². The molecule has 0 spiro atoms. The predicted molar refractivity (Wildman–Crippen MR) is 112 cm³/mol. The number of rotatable bonds is 4. The molecular weight excluding hydrogens is 414 g/mol. The van der Waals surface area contributed by atoms with Crippen LogP contribution in [-0.4, -0.2) is 64.3 Å². The van der Waals surface area contributed by atoms with Gasteiger partial charge in [0.25, 0.3) is 5.91 Å². The van der Waals surface area contributed by atoms with Gasteiger partial charge in [0.05, 0.1) is 51.4 Å². The second kappa shape index (κ2) is 8.55. The fraction of sp³-hybridized carbons (Fsp3) is 0.500. The highest BCUT2D eigenvalue weighted by molar-refractivity contribution is 7.89. The lowest BCUT2D eigenvalue weighted by Crippen LogP contribution is -2.41. The Bertz CT molecular complexity index is 911. The second-order valence-corrected chi connectivity index (χ2v) is 9.05. The minimum Gasteiger partial charge on any atom is -0.381 e. The molecule has 2 saturated heterocycles. The van der Waals surface area contributed by atoms with E-state index >= 15 is 0 Å². The molecule has 2 fully saturated rings. The summed E-state index contributed by atoms with van der Waals surface area (Å²) in [4.78, 5) is 15.5. The zero-order valence-electron chi connectivity index (χ0n) is 16.2. The van der Waals surface area contributed by atoms with Crippen molar-refractivity contribution in [2.45, 2.75) is 24.6 Å². The lowest BCUT2D eigenvalue weighted by atomic mass is 10.0. The second-order valence-electron chi connectivity index (χ2n) is 7.21. The summed E-state index contributed by atoms with van der Waals surface area (Å²) in [5.74, 6) is 0.0338. The van der Waals surface area contributed by atoms with E-state index in [2.05, 4.69) is 13.2 Å². The average molecular weight is 438 g/mol. The molecule has 1 amide bonds. The van der Waals surface area contributed by atoms with Gasteiger partial charge in [0, 0.05) is 37.4 Å². The van der Waals surface area contributed by atoms with Crippen molar-refractivity contribution < 1.29 is 18.5 Å². The average Bonchev–Trinajstić information content (AvgIpc) is 3.12. The summed E-state index contributed by atoms with van der Waals surface area (Å²) in [6.45, 7) is 11.0. The van der Waals surface area contributed by atoms with Crippen LogP contribution in [0.25, 0.3) is 5.57 Å².